The molecule has 0 fully saturated rings. The van der Waals surface area contributed by atoms with Gasteiger partial charge in [0.15, 0.2) is 5.11 Å². The minimum atomic E-state index is -0.344. The molecule has 0 bridgehead atoms. The van der Waals surface area contributed by atoms with Crippen molar-refractivity contribution in [1.29, 1.82) is 0 Å². The Kier molecular flexibility index (Phi) is 6.80. The van der Waals surface area contributed by atoms with E-state index >= 15 is 0 Å². The number of amides is 1. The molecular formula is C17H16Br2N2O3S. The van der Waals surface area contributed by atoms with Crippen LogP contribution in [-0.2, 0) is 0 Å². The van der Waals surface area contributed by atoms with E-state index < -0.39 is 0 Å². The molecule has 0 aliphatic carbocycles. The summed E-state index contributed by atoms with van der Waals surface area (Å²) in [5.74, 6) is 0.360. The molecule has 0 spiro atoms. The molecule has 0 radical (unpaired) electrons. The number of anilines is 1. The molecule has 1 amide bonds. The van der Waals surface area contributed by atoms with Gasteiger partial charge in [0.2, 0.25) is 0 Å². The lowest BCUT2D eigenvalue weighted by atomic mass is 10.2. The summed E-state index contributed by atoms with van der Waals surface area (Å²) in [7, 11) is 0. The Morgan fingerprint density at radius 3 is 2.44 bits per heavy atom. The van der Waals surface area contributed by atoms with Crippen molar-refractivity contribution in [3.8, 4) is 11.5 Å². The fourth-order valence-corrected chi connectivity index (χ4v) is 3.36. The molecule has 3 N–H and O–H groups in total. The molecule has 25 heavy (non-hydrogen) atoms. The standard InChI is InChI=1S/C17H16Br2N2O3S/c1-9(2)24-12-5-3-4-10(6-12)16(23)21-17(25)20-11-7-13(18)15(22)14(19)8-11/h3-9,22H,1-2H3,(H2,20,21,23,25). The average molecular weight is 488 g/mol. The van der Waals surface area contributed by atoms with E-state index in [1.807, 2.05) is 13.8 Å². The number of phenols is 1. The van der Waals surface area contributed by atoms with Crippen LogP contribution in [0.4, 0.5) is 5.69 Å². The number of hydrogen-bond donors (Lipinski definition) is 3. The molecule has 0 aromatic heterocycles. The molecule has 0 atom stereocenters. The molecule has 2 aromatic carbocycles. The number of aromatic hydroxyl groups is 1. The van der Waals surface area contributed by atoms with Gasteiger partial charge in [-0.25, -0.2) is 0 Å². The van der Waals surface area contributed by atoms with Crippen molar-refractivity contribution < 1.29 is 14.6 Å². The van der Waals surface area contributed by atoms with E-state index in [1.165, 1.54) is 0 Å². The molecular weight excluding hydrogens is 472 g/mol. The van der Waals surface area contributed by atoms with Gasteiger partial charge in [-0.2, -0.15) is 0 Å². The van der Waals surface area contributed by atoms with Gasteiger partial charge in [-0.05, 0) is 88.3 Å². The van der Waals surface area contributed by atoms with Crippen LogP contribution in [0.1, 0.15) is 24.2 Å². The number of ether oxygens (including phenoxy) is 1. The number of benzene rings is 2. The highest BCUT2D eigenvalue weighted by Crippen LogP contribution is 2.35. The van der Waals surface area contributed by atoms with Gasteiger partial charge < -0.3 is 15.2 Å². The fraction of sp³-hybridized carbons (Fsp3) is 0.176. The van der Waals surface area contributed by atoms with Gasteiger partial charge >= 0.3 is 0 Å². The highest BCUT2D eigenvalue weighted by atomic mass is 79.9. The SMILES string of the molecule is CC(C)Oc1cccc(C(=O)NC(=S)Nc2cc(Br)c(O)c(Br)c2)c1. The molecule has 0 heterocycles. The monoisotopic (exact) mass is 486 g/mol. The zero-order valence-corrected chi connectivity index (χ0v) is 17.5. The smallest absolute Gasteiger partial charge is 0.257 e. The highest BCUT2D eigenvalue weighted by molar-refractivity contribution is 9.11. The quantitative estimate of drug-likeness (QED) is 0.425. The van der Waals surface area contributed by atoms with Crippen molar-refractivity contribution in [2.45, 2.75) is 20.0 Å². The average Bonchev–Trinajstić information content (AvgIpc) is 2.52. The van der Waals surface area contributed by atoms with Crippen LogP contribution >= 0.6 is 44.1 Å². The molecule has 5 nitrogen and oxygen atoms in total. The first kappa shape index (κ1) is 19.7. The zero-order chi connectivity index (χ0) is 18.6. The molecule has 0 aliphatic rings. The van der Waals surface area contributed by atoms with Crippen molar-refractivity contribution in [3.63, 3.8) is 0 Å². The third-order valence-corrected chi connectivity index (χ3v) is 4.38. The van der Waals surface area contributed by atoms with Gasteiger partial charge in [-0.1, -0.05) is 6.07 Å². The summed E-state index contributed by atoms with van der Waals surface area (Å²) in [4.78, 5) is 12.3. The third-order valence-electron chi connectivity index (χ3n) is 2.97. The second kappa shape index (κ2) is 8.64. The molecule has 0 saturated carbocycles. The lowest BCUT2D eigenvalue weighted by Crippen LogP contribution is -2.34. The first-order valence-electron chi connectivity index (χ1n) is 7.33. The van der Waals surface area contributed by atoms with Gasteiger partial charge in [0.25, 0.3) is 5.91 Å². The molecule has 0 aliphatic heterocycles. The predicted molar refractivity (Wildman–Crippen MR) is 109 cm³/mol. The molecule has 0 saturated heterocycles. The van der Waals surface area contributed by atoms with Crippen LogP contribution < -0.4 is 15.4 Å². The number of phenolic OH excluding ortho intramolecular Hbond substituents is 1. The summed E-state index contributed by atoms with van der Waals surface area (Å²) >= 11 is 11.6. The van der Waals surface area contributed by atoms with E-state index in [0.717, 1.165) is 0 Å². The minimum Gasteiger partial charge on any atom is -0.506 e. The van der Waals surface area contributed by atoms with Gasteiger partial charge in [-0.15, -0.1) is 0 Å². The van der Waals surface area contributed by atoms with Crippen molar-refractivity contribution in [3.05, 3.63) is 50.9 Å². The third kappa shape index (κ3) is 5.69. The number of carbonyl (C=O) groups is 1. The number of carbonyl (C=O) groups excluding carboxylic acids is 1. The maximum atomic E-state index is 12.3. The lowest BCUT2D eigenvalue weighted by Gasteiger charge is -2.13. The van der Waals surface area contributed by atoms with Gasteiger partial charge in [0, 0.05) is 11.3 Å². The van der Waals surface area contributed by atoms with E-state index in [4.69, 9.17) is 17.0 Å². The minimum absolute atomic E-state index is 0.0208. The Morgan fingerprint density at radius 1 is 1.20 bits per heavy atom. The van der Waals surface area contributed by atoms with Crippen molar-refractivity contribution in [2.75, 3.05) is 5.32 Å². The van der Waals surface area contributed by atoms with E-state index in [0.29, 0.717) is 25.9 Å². The maximum absolute atomic E-state index is 12.3. The number of halogens is 2. The van der Waals surface area contributed by atoms with Crippen LogP contribution in [0.25, 0.3) is 0 Å². The van der Waals surface area contributed by atoms with Crippen LogP contribution in [0, 0.1) is 0 Å². The summed E-state index contributed by atoms with van der Waals surface area (Å²) in [6.07, 6.45) is 0.0208. The summed E-state index contributed by atoms with van der Waals surface area (Å²) in [5.41, 5.74) is 1.05. The predicted octanol–water partition coefficient (Wildman–Crippen LogP) is 4.83. The largest absolute Gasteiger partial charge is 0.506 e. The van der Waals surface area contributed by atoms with Crippen LogP contribution in [0.3, 0.4) is 0 Å². The lowest BCUT2D eigenvalue weighted by molar-refractivity contribution is 0.0977. The van der Waals surface area contributed by atoms with E-state index in [2.05, 4.69) is 42.5 Å². The van der Waals surface area contributed by atoms with E-state index in [9.17, 15) is 9.90 Å². The topological polar surface area (TPSA) is 70.6 Å². The van der Waals surface area contributed by atoms with Gasteiger partial charge in [0.1, 0.15) is 11.5 Å². The van der Waals surface area contributed by atoms with E-state index in [1.54, 1.807) is 36.4 Å². The summed E-state index contributed by atoms with van der Waals surface area (Å²) in [6, 6.07) is 10.2. The van der Waals surface area contributed by atoms with Crippen molar-refractivity contribution >= 4 is 60.8 Å². The fourth-order valence-electron chi connectivity index (χ4n) is 1.96. The maximum Gasteiger partial charge on any atom is 0.257 e. The van der Waals surface area contributed by atoms with Crippen molar-refractivity contribution in [2.24, 2.45) is 0 Å². The molecule has 132 valence electrons. The Balaban J connectivity index is 2.04. The second-order valence-corrected chi connectivity index (χ2v) is 7.51. The van der Waals surface area contributed by atoms with E-state index in [-0.39, 0.29) is 22.9 Å². The number of rotatable bonds is 4. The Morgan fingerprint density at radius 2 is 1.84 bits per heavy atom. The Bertz CT molecular complexity index is 789. The Hall–Kier alpha value is -1.64. The van der Waals surface area contributed by atoms with Gasteiger partial charge in [0.05, 0.1) is 15.0 Å². The molecule has 0 unspecified atom stereocenters. The first-order chi connectivity index (χ1) is 11.8. The summed E-state index contributed by atoms with van der Waals surface area (Å²) < 4.78 is 6.58. The molecule has 2 aromatic rings. The second-order valence-electron chi connectivity index (χ2n) is 5.39. The number of nitrogens with one attached hydrogen (secondary N) is 2. The van der Waals surface area contributed by atoms with Gasteiger partial charge in [-0.3, -0.25) is 10.1 Å². The Labute approximate surface area is 168 Å². The highest BCUT2D eigenvalue weighted by Gasteiger charge is 2.11. The normalized spacial score (nSPS) is 10.4. The first-order valence-corrected chi connectivity index (χ1v) is 9.32. The zero-order valence-electron chi connectivity index (χ0n) is 13.5. The van der Waals surface area contributed by atoms with Crippen LogP contribution in [-0.4, -0.2) is 22.2 Å². The molecule has 8 heteroatoms. The number of hydrogen-bond acceptors (Lipinski definition) is 4. The van der Waals surface area contributed by atoms with Crippen LogP contribution in [0.2, 0.25) is 0 Å². The summed E-state index contributed by atoms with van der Waals surface area (Å²) in [6.45, 7) is 3.83. The van der Waals surface area contributed by atoms with Crippen molar-refractivity contribution in [1.82, 2.24) is 5.32 Å². The number of thiocarbonyl (C=S) groups is 1. The summed E-state index contributed by atoms with van der Waals surface area (Å²) in [5, 5.41) is 15.4. The van der Waals surface area contributed by atoms with Crippen LogP contribution in [0.5, 0.6) is 11.5 Å². The molecule has 2 rings (SSSR count). The van der Waals surface area contributed by atoms with Crippen LogP contribution in [0.15, 0.2) is 45.3 Å².